The number of hydrogen-bond acceptors (Lipinski definition) is 3. The van der Waals surface area contributed by atoms with E-state index < -0.39 is 0 Å². The van der Waals surface area contributed by atoms with Gasteiger partial charge in [0.25, 0.3) is 0 Å². The summed E-state index contributed by atoms with van der Waals surface area (Å²) >= 11 is 0. The van der Waals surface area contributed by atoms with E-state index in [1.165, 1.54) is 11.6 Å². The normalized spacial score (nSPS) is 22.1. The molecule has 7 heteroatoms. The number of fused-ring (bicyclic) bond motifs is 1. The topological polar surface area (TPSA) is 40.1 Å². The summed E-state index contributed by atoms with van der Waals surface area (Å²) in [6.45, 7) is 4.88. The summed E-state index contributed by atoms with van der Waals surface area (Å²) in [5, 5.41) is 3.36. The monoisotopic (exact) mass is 510 g/mol. The Morgan fingerprint density at radius 3 is 2.69 bits per heavy atom. The van der Waals surface area contributed by atoms with Gasteiger partial charge in [-0.3, -0.25) is 9.89 Å². The lowest BCUT2D eigenvalue weighted by Crippen LogP contribution is -2.50. The number of likely N-dealkylation sites (tertiary alicyclic amines) is 1. The molecule has 2 fully saturated rings. The number of aliphatic imine (C=N–C) groups is 1. The molecule has 0 radical (unpaired) electrons. The second kappa shape index (κ2) is 10.4. The number of nitrogens with zero attached hydrogens (tertiary/aromatic N) is 3. The molecular formula is C22H28FIN4O. The first-order valence-electron chi connectivity index (χ1n) is 9.82. The molecule has 29 heavy (non-hydrogen) atoms. The van der Waals surface area contributed by atoms with Crippen LogP contribution in [0.5, 0.6) is 0 Å². The molecule has 0 aromatic heterocycles. The first-order chi connectivity index (χ1) is 13.7. The molecule has 4 rings (SSSR count). The highest BCUT2D eigenvalue weighted by molar-refractivity contribution is 14.0. The standard InChI is InChI=1S/C22H27FN4O.HI/c1-24-22(25-13-18-8-5-9-19(23)12-18)27-15-20-21(16-27)28-11-10-26(20)14-17-6-3-2-4-7-17;/h2-9,12,20-21H,10-11,13-16H2,1H3,(H,24,25);1H. The van der Waals surface area contributed by atoms with Crippen LogP contribution >= 0.6 is 24.0 Å². The van der Waals surface area contributed by atoms with E-state index in [2.05, 4.69) is 50.4 Å². The van der Waals surface area contributed by atoms with Gasteiger partial charge in [0.15, 0.2) is 5.96 Å². The fourth-order valence-electron chi connectivity index (χ4n) is 4.11. The number of ether oxygens (including phenoxy) is 1. The van der Waals surface area contributed by atoms with Crippen molar-refractivity contribution in [1.29, 1.82) is 0 Å². The molecule has 2 heterocycles. The Balaban J connectivity index is 0.00000240. The minimum absolute atomic E-state index is 0. The number of benzene rings is 2. The van der Waals surface area contributed by atoms with Crippen LogP contribution in [0.15, 0.2) is 59.6 Å². The second-order valence-electron chi connectivity index (χ2n) is 7.37. The van der Waals surface area contributed by atoms with Crippen LogP contribution in [0.3, 0.4) is 0 Å². The molecule has 2 aromatic rings. The first kappa shape index (κ1) is 22.0. The van der Waals surface area contributed by atoms with Crippen molar-refractivity contribution in [3.8, 4) is 0 Å². The van der Waals surface area contributed by atoms with Crippen LogP contribution in [-0.4, -0.2) is 61.2 Å². The van der Waals surface area contributed by atoms with E-state index in [1.807, 2.05) is 6.07 Å². The maximum absolute atomic E-state index is 13.4. The van der Waals surface area contributed by atoms with Gasteiger partial charge in [-0.1, -0.05) is 42.5 Å². The highest BCUT2D eigenvalue weighted by atomic mass is 127. The predicted molar refractivity (Wildman–Crippen MR) is 124 cm³/mol. The Morgan fingerprint density at radius 2 is 1.93 bits per heavy atom. The summed E-state index contributed by atoms with van der Waals surface area (Å²) in [5.41, 5.74) is 2.23. The Kier molecular flexibility index (Phi) is 7.85. The zero-order valence-electron chi connectivity index (χ0n) is 16.6. The molecule has 2 unspecified atom stereocenters. The summed E-state index contributed by atoms with van der Waals surface area (Å²) in [6.07, 6.45) is 0.185. The molecule has 0 amide bonds. The molecule has 2 aliphatic rings. The maximum Gasteiger partial charge on any atom is 0.194 e. The van der Waals surface area contributed by atoms with E-state index in [-0.39, 0.29) is 35.9 Å². The summed E-state index contributed by atoms with van der Waals surface area (Å²) in [7, 11) is 1.79. The highest BCUT2D eigenvalue weighted by Gasteiger charge is 2.41. The van der Waals surface area contributed by atoms with Gasteiger partial charge in [0.2, 0.25) is 0 Å². The van der Waals surface area contributed by atoms with E-state index >= 15 is 0 Å². The molecule has 156 valence electrons. The van der Waals surface area contributed by atoms with Crippen molar-refractivity contribution in [1.82, 2.24) is 15.1 Å². The van der Waals surface area contributed by atoms with Crippen LogP contribution in [0.25, 0.3) is 0 Å². The van der Waals surface area contributed by atoms with Crippen LogP contribution in [0.2, 0.25) is 0 Å². The molecule has 0 saturated carbocycles. The third kappa shape index (κ3) is 5.46. The van der Waals surface area contributed by atoms with Crippen molar-refractivity contribution in [2.45, 2.75) is 25.2 Å². The third-order valence-corrected chi connectivity index (χ3v) is 5.50. The van der Waals surface area contributed by atoms with Gasteiger partial charge in [0.05, 0.1) is 18.8 Å². The summed E-state index contributed by atoms with van der Waals surface area (Å²) in [5.74, 6) is 0.619. The second-order valence-corrected chi connectivity index (χ2v) is 7.37. The van der Waals surface area contributed by atoms with Crippen LogP contribution in [-0.2, 0) is 17.8 Å². The molecular weight excluding hydrogens is 482 g/mol. The molecule has 1 N–H and O–H groups in total. The quantitative estimate of drug-likeness (QED) is 0.390. The molecule has 0 bridgehead atoms. The van der Waals surface area contributed by atoms with Crippen LogP contribution in [0.1, 0.15) is 11.1 Å². The van der Waals surface area contributed by atoms with Crippen LogP contribution < -0.4 is 5.32 Å². The van der Waals surface area contributed by atoms with Crippen LogP contribution in [0.4, 0.5) is 4.39 Å². The minimum atomic E-state index is -0.216. The van der Waals surface area contributed by atoms with E-state index in [9.17, 15) is 4.39 Å². The molecule has 2 saturated heterocycles. The highest BCUT2D eigenvalue weighted by Crippen LogP contribution is 2.24. The van der Waals surface area contributed by atoms with Crippen molar-refractivity contribution in [3.05, 3.63) is 71.5 Å². The van der Waals surface area contributed by atoms with Crippen molar-refractivity contribution >= 4 is 29.9 Å². The number of nitrogens with one attached hydrogen (secondary N) is 1. The number of guanidine groups is 1. The van der Waals surface area contributed by atoms with E-state index in [0.717, 1.165) is 44.3 Å². The number of morpholine rings is 1. The van der Waals surface area contributed by atoms with Gasteiger partial charge >= 0.3 is 0 Å². The number of hydrogen-bond donors (Lipinski definition) is 1. The van der Waals surface area contributed by atoms with Gasteiger partial charge in [-0.25, -0.2) is 4.39 Å². The Morgan fingerprint density at radius 1 is 1.14 bits per heavy atom. The fourth-order valence-corrected chi connectivity index (χ4v) is 4.11. The van der Waals surface area contributed by atoms with Gasteiger partial charge in [-0.2, -0.15) is 0 Å². The first-order valence-corrected chi connectivity index (χ1v) is 9.82. The van der Waals surface area contributed by atoms with Crippen molar-refractivity contribution in [2.24, 2.45) is 4.99 Å². The average Bonchev–Trinajstić information content (AvgIpc) is 3.14. The van der Waals surface area contributed by atoms with Crippen LogP contribution in [0, 0.1) is 5.82 Å². The minimum Gasteiger partial charge on any atom is -0.373 e. The van der Waals surface area contributed by atoms with Gasteiger partial charge in [0, 0.05) is 39.8 Å². The lowest BCUT2D eigenvalue weighted by molar-refractivity contribution is -0.0502. The molecule has 2 aliphatic heterocycles. The number of rotatable bonds is 4. The average molecular weight is 510 g/mol. The molecule has 2 aromatic carbocycles. The molecule has 5 nitrogen and oxygen atoms in total. The summed E-state index contributed by atoms with van der Waals surface area (Å²) in [6, 6.07) is 17.6. The Hall–Kier alpha value is -1.71. The largest absolute Gasteiger partial charge is 0.373 e. The van der Waals surface area contributed by atoms with Gasteiger partial charge in [0.1, 0.15) is 5.82 Å². The smallest absolute Gasteiger partial charge is 0.194 e. The summed E-state index contributed by atoms with van der Waals surface area (Å²) in [4.78, 5) is 9.20. The molecule has 2 atom stereocenters. The van der Waals surface area contributed by atoms with Crippen molar-refractivity contribution < 1.29 is 9.13 Å². The van der Waals surface area contributed by atoms with E-state index in [4.69, 9.17) is 4.74 Å². The predicted octanol–water partition coefficient (Wildman–Crippen LogP) is 3.10. The zero-order chi connectivity index (χ0) is 19.3. The van der Waals surface area contributed by atoms with E-state index in [0.29, 0.717) is 12.6 Å². The van der Waals surface area contributed by atoms with Gasteiger partial charge < -0.3 is 15.0 Å². The molecule has 0 spiro atoms. The molecule has 0 aliphatic carbocycles. The fraction of sp³-hybridized carbons (Fsp3) is 0.409. The third-order valence-electron chi connectivity index (χ3n) is 5.50. The van der Waals surface area contributed by atoms with Crippen molar-refractivity contribution in [3.63, 3.8) is 0 Å². The summed E-state index contributed by atoms with van der Waals surface area (Å²) < 4.78 is 19.5. The van der Waals surface area contributed by atoms with Crippen molar-refractivity contribution in [2.75, 3.05) is 33.3 Å². The SMILES string of the molecule is CN=C(NCc1cccc(F)c1)N1CC2OCCN(Cc3ccccc3)C2C1.I. The Bertz CT molecular complexity index is 819. The Labute approximate surface area is 189 Å². The lowest BCUT2D eigenvalue weighted by Gasteiger charge is -2.36. The zero-order valence-corrected chi connectivity index (χ0v) is 19.0. The van der Waals surface area contributed by atoms with Gasteiger partial charge in [-0.15, -0.1) is 24.0 Å². The maximum atomic E-state index is 13.4. The van der Waals surface area contributed by atoms with Gasteiger partial charge in [-0.05, 0) is 23.3 Å². The number of halogens is 2. The lowest BCUT2D eigenvalue weighted by atomic mass is 10.1. The van der Waals surface area contributed by atoms with E-state index in [1.54, 1.807) is 19.2 Å².